The van der Waals surface area contributed by atoms with E-state index in [0.717, 1.165) is 36.5 Å². The van der Waals surface area contributed by atoms with Gasteiger partial charge in [-0.25, -0.2) is 0 Å². The second-order valence-electron chi connectivity index (χ2n) is 5.65. The molecular formula is C16H25ClN2O. The van der Waals surface area contributed by atoms with Crippen molar-refractivity contribution in [2.75, 3.05) is 18.6 Å². The molecule has 112 valence electrons. The van der Waals surface area contributed by atoms with E-state index in [-0.39, 0.29) is 12.1 Å². The van der Waals surface area contributed by atoms with Crippen molar-refractivity contribution in [3.63, 3.8) is 0 Å². The van der Waals surface area contributed by atoms with Gasteiger partial charge in [-0.2, -0.15) is 0 Å². The van der Waals surface area contributed by atoms with Gasteiger partial charge in [0, 0.05) is 30.4 Å². The summed E-state index contributed by atoms with van der Waals surface area (Å²) in [5.41, 5.74) is 8.46. The SMILES string of the molecule is CCC(N)Cc1c(Cl)cccc1N(C)C1CCOC1C. The third-order valence-electron chi connectivity index (χ3n) is 4.30. The maximum absolute atomic E-state index is 6.40. The fraction of sp³-hybridized carbons (Fsp3) is 0.625. The van der Waals surface area contributed by atoms with Crippen LogP contribution in [0.1, 0.15) is 32.3 Å². The molecule has 1 aromatic carbocycles. The number of halogens is 1. The molecule has 1 aliphatic heterocycles. The Morgan fingerprint density at radius 2 is 2.25 bits per heavy atom. The zero-order valence-corrected chi connectivity index (χ0v) is 13.4. The van der Waals surface area contributed by atoms with Gasteiger partial charge in [0.05, 0.1) is 12.1 Å². The first-order chi connectivity index (χ1) is 9.54. The molecule has 3 nitrogen and oxygen atoms in total. The molecule has 0 amide bonds. The Bertz CT molecular complexity index is 452. The van der Waals surface area contributed by atoms with Crippen LogP contribution in [0.5, 0.6) is 0 Å². The molecule has 0 spiro atoms. The van der Waals surface area contributed by atoms with Crippen molar-refractivity contribution in [1.82, 2.24) is 0 Å². The highest BCUT2D eigenvalue weighted by atomic mass is 35.5. The van der Waals surface area contributed by atoms with Crippen molar-refractivity contribution in [3.05, 3.63) is 28.8 Å². The summed E-state index contributed by atoms with van der Waals surface area (Å²) < 4.78 is 5.68. The predicted octanol–water partition coefficient (Wildman–Crippen LogP) is 3.23. The molecule has 4 heteroatoms. The molecule has 0 aliphatic carbocycles. The minimum absolute atomic E-state index is 0.152. The van der Waals surface area contributed by atoms with Gasteiger partial charge in [0.25, 0.3) is 0 Å². The summed E-state index contributed by atoms with van der Waals surface area (Å²) in [4.78, 5) is 2.31. The number of likely N-dealkylation sites (N-methyl/N-ethyl adjacent to an activating group) is 1. The summed E-state index contributed by atoms with van der Waals surface area (Å²) in [6, 6.07) is 6.65. The smallest absolute Gasteiger partial charge is 0.0750 e. The van der Waals surface area contributed by atoms with Crippen LogP contribution in [0.3, 0.4) is 0 Å². The van der Waals surface area contributed by atoms with Crippen LogP contribution >= 0.6 is 11.6 Å². The van der Waals surface area contributed by atoms with Crippen LogP contribution in [-0.4, -0.2) is 31.8 Å². The quantitative estimate of drug-likeness (QED) is 0.906. The average Bonchev–Trinajstić information content (AvgIpc) is 2.86. The Hall–Kier alpha value is -0.770. The maximum atomic E-state index is 6.40. The lowest BCUT2D eigenvalue weighted by molar-refractivity contribution is 0.118. The molecule has 20 heavy (non-hydrogen) atoms. The number of rotatable bonds is 5. The van der Waals surface area contributed by atoms with Gasteiger partial charge in [0.2, 0.25) is 0 Å². The standard InChI is InChI=1S/C16H25ClN2O/c1-4-12(18)10-13-14(17)6-5-7-16(13)19(3)15-8-9-20-11(15)2/h5-7,11-12,15H,4,8-10,18H2,1-3H3. The van der Waals surface area contributed by atoms with Crippen LogP contribution < -0.4 is 10.6 Å². The normalized spacial score (nSPS) is 23.9. The van der Waals surface area contributed by atoms with E-state index < -0.39 is 0 Å². The van der Waals surface area contributed by atoms with Gasteiger partial charge in [0.1, 0.15) is 0 Å². The predicted molar refractivity (Wildman–Crippen MR) is 85.6 cm³/mol. The summed E-state index contributed by atoms with van der Waals surface area (Å²) in [5.74, 6) is 0. The average molecular weight is 297 g/mol. The Morgan fingerprint density at radius 1 is 1.50 bits per heavy atom. The van der Waals surface area contributed by atoms with Crippen LogP contribution in [0, 0.1) is 0 Å². The van der Waals surface area contributed by atoms with Crippen LogP contribution in [0.4, 0.5) is 5.69 Å². The number of ether oxygens (including phenoxy) is 1. The highest BCUT2D eigenvalue weighted by Crippen LogP contribution is 2.32. The molecular weight excluding hydrogens is 272 g/mol. The monoisotopic (exact) mass is 296 g/mol. The summed E-state index contributed by atoms with van der Waals surface area (Å²) in [6.45, 7) is 5.08. The van der Waals surface area contributed by atoms with Crippen molar-refractivity contribution in [1.29, 1.82) is 0 Å². The summed E-state index contributed by atoms with van der Waals surface area (Å²) in [7, 11) is 2.13. The minimum atomic E-state index is 0.152. The first-order valence-corrected chi connectivity index (χ1v) is 7.79. The van der Waals surface area contributed by atoms with Crippen LogP contribution in [0.15, 0.2) is 18.2 Å². The second kappa shape index (κ2) is 6.79. The molecule has 1 aliphatic rings. The van der Waals surface area contributed by atoms with E-state index in [0.29, 0.717) is 6.04 Å². The first kappa shape index (κ1) is 15.6. The number of anilines is 1. The fourth-order valence-electron chi connectivity index (χ4n) is 2.89. The van der Waals surface area contributed by atoms with E-state index in [1.807, 2.05) is 12.1 Å². The Labute approximate surface area is 127 Å². The zero-order chi connectivity index (χ0) is 14.7. The van der Waals surface area contributed by atoms with Gasteiger partial charge < -0.3 is 15.4 Å². The van der Waals surface area contributed by atoms with E-state index in [4.69, 9.17) is 22.1 Å². The fourth-order valence-corrected chi connectivity index (χ4v) is 3.14. The molecule has 2 N–H and O–H groups in total. The van der Waals surface area contributed by atoms with E-state index >= 15 is 0 Å². The van der Waals surface area contributed by atoms with Crippen LogP contribution in [-0.2, 0) is 11.2 Å². The molecule has 0 aromatic heterocycles. The van der Waals surface area contributed by atoms with Crippen molar-refractivity contribution >= 4 is 17.3 Å². The molecule has 1 saturated heterocycles. The molecule has 2 rings (SSSR count). The van der Waals surface area contributed by atoms with Gasteiger partial charge in [0.15, 0.2) is 0 Å². The van der Waals surface area contributed by atoms with Gasteiger partial charge in [-0.05, 0) is 43.9 Å². The third kappa shape index (κ3) is 3.27. The number of hydrogen-bond acceptors (Lipinski definition) is 3. The molecule has 3 unspecified atom stereocenters. The largest absolute Gasteiger partial charge is 0.376 e. The van der Waals surface area contributed by atoms with Crippen molar-refractivity contribution in [2.24, 2.45) is 5.73 Å². The van der Waals surface area contributed by atoms with Gasteiger partial charge in [-0.15, -0.1) is 0 Å². The molecule has 0 radical (unpaired) electrons. The van der Waals surface area contributed by atoms with Gasteiger partial charge in [-0.1, -0.05) is 24.6 Å². The topological polar surface area (TPSA) is 38.5 Å². The molecule has 1 heterocycles. The summed E-state index contributed by atoms with van der Waals surface area (Å²) in [5, 5.41) is 0.810. The molecule has 3 atom stereocenters. The number of nitrogens with zero attached hydrogens (tertiary/aromatic N) is 1. The maximum Gasteiger partial charge on any atom is 0.0750 e. The van der Waals surface area contributed by atoms with E-state index in [9.17, 15) is 0 Å². The van der Waals surface area contributed by atoms with Crippen LogP contribution in [0.2, 0.25) is 5.02 Å². The molecule has 0 saturated carbocycles. The third-order valence-corrected chi connectivity index (χ3v) is 4.65. The van der Waals surface area contributed by atoms with E-state index in [2.05, 4.69) is 31.9 Å². The molecule has 1 fully saturated rings. The summed E-state index contributed by atoms with van der Waals surface area (Å²) in [6.07, 6.45) is 3.09. The molecule has 0 bridgehead atoms. The first-order valence-electron chi connectivity index (χ1n) is 7.42. The number of nitrogens with two attached hydrogens (primary N) is 1. The van der Waals surface area contributed by atoms with E-state index in [1.165, 1.54) is 5.69 Å². The Kier molecular flexibility index (Phi) is 5.30. The Balaban J connectivity index is 2.28. The lowest BCUT2D eigenvalue weighted by Crippen LogP contribution is -2.37. The number of benzene rings is 1. The van der Waals surface area contributed by atoms with Crippen molar-refractivity contribution < 1.29 is 4.74 Å². The van der Waals surface area contributed by atoms with Crippen molar-refractivity contribution in [2.45, 2.75) is 51.3 Å². The lowest BCUT2D eigenvalue weighted by Gasteiger charge is -2.31. The summed E-state index contributed by atoms with van der Waals surface area (Å²) >= 11 is 6.40. The number of hydrogen-bond donors (Lipinski definition) is 1. The molecule has 1 aromatic rings. The van der Waals surface area contributed by atoms with Gasteiger partial charge >= 0.3 is 0 Å². The highest BCUT2D eigenvalue weighted by Gasteiger charge is 2.29. The van der Waals surface area contributed by atoms with Crippen molar-refractivity contribution in [3.8, 4) is 0 Å². The second-order valence-corrected chi connectivity index (χ2v) is 6.06. The Morgan fingerprint density at radius 3 is 2.85 bits per heavy atom. The highest BCUT2D eigenvalue weighted by molar-refractivity contribution is 6.31. The minimum Gasteiger partial charge on any atom is -0.376 e. The van der Waals surface area contributed by atoms with Gasteiger partial charge in [-0.3, -0.25) is 0 Å². The zero-order valence-electron chi connectivity index (χ0n) is 12.6. The van der Waals surface area contributed by atoms with E-state index in [1.54, 1.807) is 0 Å². The van der Waals surface area contributed by atoms with Crippen LogP contribution in [0.25, 0.3) is 0 Å². The lowest BCUT2D eigenvalue weighted by atomic mass is 10.0.